The molecule has 1 atom stereocenters. The van der Waals surface area contributed by atoms with Crippen LogP contribution in [0.2, 0.25) is 0 Å². The first-order chi connectivity index (χ1) is 8.83. The van der Waals surface area contributed by atoms with Crippen LogP contribution in [0.15, 0.2) is 18.2 Å². The molecule has 0 aromatic heterocycles. The SMILES string of the molecule is Cc1ccc(CC2CO2)cc1NC(=O)OC(C)(C)C. The molecule has 0 aliphatic carbocycles. The van der Waals surface area contributed by atoms with Crippen LogP contribution in [0, 0.1) is 6.92 Å². The molecule has 1 aromatic rings. The van der Waals surface area contributed by atoms with Crippen molar-refractivity contribution >= 4 is 11.8 Å². The number of rotatable bonds is 3. The third-order valence-electron chi connectivity index (χ3n) is 2.80. The lowest BCUT2D eigenvalue weighted by atomic mass is 10.1. The fourth-order valence-electron chi connectivity index (χ4n) is 1.79. The molecule has 1 fully saturated rings. The Morgan fingerprint density at radius 1 is 1.47 bits per heavy atom. The molecular weight excluding hydrogens is 242 g/mol. The van der Waals surface area contributed by atoms with Crippen LogP contribution in [0.5, 0.6) is 0 Å². The Kier molecular flexibility index (Phi) is 3.80. The summed E-state index contributed by atoms with van der Waals surface area (Å²) in [6.45, 7) is 8.34. The van der Waals surface area contributed by atoms with Crippen LogP contribution >= 0.6 is 0 Å². The molecule has 4 heteroatoms. The summed E-state index contributed by atoms with van der Waals surface area (Å²) in [4.78, 5) is 11.8. The highest BCUT2D eigenvalue weighted by molar-refractivity contribution is 5.86. The third kappa shape index (κ3) is 4.56. The molecule has 1 unspecified atom stereocenters. The molecule has 104 valence electrons. The average molecular weight is 263 g/mol. The third-order valence-corrected chi connectivity index (χ3v) is 2.80. The van der Waals surface area contributed by atoms with Gasteiger partial charge in [-0.05, 0) is 44.9 Å². The van der Waals surface area contributed by atoms with E-state index in [0.717, 1.165) is 24.3 Å². The first-order valence-corrected chi connectivity index (χ1v) is 6.54. The number of ether oxygens (including phenoxy) is 2. The molecule has 4 nitrogen and oxygen atoms in total. The summed E-state index contributed by atoms with van der Waals surface area (Å²) in [6, 6.07) is 6.06. The zero-order chi connectivity index (χ0) is 14.0. The summed E-state index contributed by atoms with van der Waals surface area (Å²) in [5.41, 5.74) is 2.50. The average Bonchev–Trinajstić information content (AvgIpc) is 3.04. The predicted molar refractivity (Wildman–Crippen MR) is 74.5 cm³/mol. The Morgan fingerprint density at radius 3 is 2.74 bits per heavy atom. The number of amides is 1. The fourth-order valence-corrected chi connectivity index (χ4v) is 1.79. The second-order valence-corrected chi connectivity index (χ2v) is 5.94. The Hall–Kier alpha value is -1.55. The van der Waals surface area contributed by atoms with Gasteiger partial charge in [0.25, 0.3) is 0 Å². The number of benzene rings is 1. The summed E-state index contributed by atoms with van der Waals surface area (Å²) in [5.74, 6) is 0. The number of aryl methyl sites for hydroxylation is 1. The van der Waals surface area contributed by atoms with E-state index < -0.39 is 11.7 Å². The minimum Gasteiger partial charge on any atom is -0.444 e. The van der Waals surface area contributed by atoms with Crippen LogP contribution in [-0.2, 0) is 15.9 Å². The van der Waals surface area contributed by atoms with Crippen LogP contribution in [0.25, 0.3) is 0 Å². The summed E-state index contributed by atoms with van der Waals surface area (Å²) >= 11 is 0. The smallest absolute Gasteiger partial charge is 0.412 e. The highest BCUT2D eigenvalue weighted by atomic mass is 16.6. The molecule has 0 saturated carbocycles. The topological polar surface area (TPSA) is 50.9 Å². The molecule has 0 spiro atoms. The van der Waals surface area contributed by atoms with Crippen molar-refractivity contribution in [3.63, 3.8) is 0 Å². The van der Waals surface area contributed by atoms with Gasteiger partial charge in [0.05, 0.1) is 12.7 Å². The number of carbonyl (C=O) groups excluding carboxylic acids is 1. The van der Waals surface area contributed by atoms with Crippen molar-refractivity contribution in [1.29, 1.82) is 0 Å². The van der Waals surface area contributed by atoms with Gasteiger partial charge in [0, 0.05) is 12.1 Å². The molecular formula is C15H21NO3. The molecule has 1 saturated heterocycles. The van der Waals surface area contributed by atoms with Gasteiger partial charge in [-0.3, -0.25) is 5.32 Å². The summed E-state index contributed by atoms with van der Waals surface area (Å²) < 4.78 is 10.5. The van der Waals surface area contributed by atoms with E-state index in [0.29, 0.717) is 6.10 Å². The number of nitrogens with one attached hydrogen (secondary N) is 1. The van der Waals surface area contributed by atoms with E-state index in [-0.39, 0.29) is 0 Å². The number of carbonyl (C=O) groups is 1. The molecule has 1 amide bonds. The van der Waals surface area contributed by atoms with Crippen molar-refractivity contribution in [2.75, 3.05) is 11.9 Å². The van der Waals surface area contributed by atoms with Crippen molar-refractivity contribution in [2.24, 2.45) is 0 Å². The van der Waals surface area contributed by atoms with Crippen molar-refractivity contribution in [3.05, 3.63) is 29.3 Å². The number of hydrogen-bond acceptors (Lipinski definition) is 3. The molecule has 1 heterocycles. The van der Waals surface area contributed by atoms with Gasteiger partial charge in [-0.2, -0.15) is 0 Å². The van der Waals surface area contributed by atoms with Crippen LogP contribution < -0.4 is 5.32 Å². The number of epoxide rings is 1. The molecule has 1 aliphatic heterocycles. The van der Waals surface area contributed by atoms with Crippen molar-refractivity contribution < 1.29 is 14.3 Å². The first kappa shape index (κ1) is 13.9. The van der Waals surface area contributed by atoms with E-state index in [9.17, 15) is 4.79 Å². The summed E-state index contributed by atoms with van der Waals surface area (Å²) in [7, 11) is 0. The maximum Gasteiger partial charge on any atom is 0.412 e. The van der Waals surface area contributed by atoms with Gasteiger partial charge in [0.15, 0.2) is 0 Å². The van der Waals surface area contributed by atoms with Gasteiger partial charge in [0.1, 0.15) is 5.60 Å². The lowest BCUT2D eigenvalue weighted by Gasteiger charge is -2.20. The van der Waals surface area contributed by atoms with E-state index >= 15 is 0 Å². The summed E-state index contributed by atoms with van der Waals surface area (Å²) in [6.07, 6.45) is 0.816. The van der Waals surface area contributed by atoms with E-state index in [4.69, 9.17) is 9.47 Å². The van der Waals surface area contributed by atoms with Crippen LogP contribution in [0.4, 0.5) is 10.5 Å². The van der Waals surface area contributed by atoms with Gasteiger partial charge in [-0.25, -0.2) is 4.79 Å². The van der Waals surface area contributed by atoms with Crippen LogP contribution in [0.1, 0.15) is 31.9 Å². The fraction of sp³-hybridized carbons (Fsp3) is 0.533. The molecule has 2 rings (SSSR count). The van der Waals surface area contributed by atoms with Crippen molar-refractivity contribution in [3.8, 4) is 0 Å². The highest BCUT2D eigenvalue weighted by Crippen LogP contribution is 2.22. The number of anilines is 1. The van der Waals surface area contributed by atoms with E-state index in [1.54, 1.807) is 0 Å². The minimum absolute atomic E-state index is 0.345. The molecule has 1 aliphatic rings. The summed E-state index contributed by atoms with van der Waals surface area (Å²) in [5, 5.41) is 2.80. The molecule has 0 bridgehead atoms. The van der Waals surface area contributed by atoms with Gasteiger partial charge in [-0.15, -0.1) is 0 Å². The predicted octanol–water partition coefficient (Wildman–Crippen LogP) is 3.28. The second-order valence-electron chi connectivity index (χ2n) is 5.94. The van der Waals surface area contributed by atoms with E-state index in [2.05, 4.69) is 11.4 Å². The molecule has 1 N–H and O–H groups in total. The maximum atomic E-state index is 11.8. The lowest BCUT2D eigenvalue weighted by molar-refractivity contribution is 0.0636. The van der Waals surface area contributed by atoms with Gasteiger partial charge in [0.2, 0.25) is 0 Å². The highest BCUT2D eigenvalue weighted by Gasteiger charge is 2.23. The normalized spacial score (nSPS) is 18.0. The lowest BCUT2D eigenvalue weighted by Crippen LogP contribution is -2.27. The van der Waals surface area contributed by atoms with Crippen LogP contribution in [0.3, 0.4) is 0 Å². The van der Waals surface area contributed by atoms with Gasteiger partial charge < -0.3 is 9.47 Å². The van der Waals surface area contributed by atoms with Crippen molar-refractivity contribution in [1.82, 2.24) is 0 Å². The Balaban J connectivity index is 2.03. The first-order valence-electron chi connectivity index (χ1n) is 6.54. The van der Waals surface area contributed by atoms with E-state index in [1.807, 2.05) is 39.8 Å². The Bertz CT molecular complexity index is 473. The Labute approximate surface area is 114 Å². The minimum atomic E-state index is -0.489. The van der Waals surface area contributed by atoms with Gasteiger partial charge >= 0.3 is 6.09 Å². The number of hydrogen-bond donors (Lipinski definition) is 1. The Morgan fingerprint density at radius 2 is 2.16 bits per heavy atom. The monoisotopic (exact) mass is 263 g/mol. The van der Waals surface area contributed by atoms with Gasteiger partial charge in [-0.1, -0.05) is 12.1 Å². The molecule has 1 aromatic carbocycles. The zero-order valence-electron chi connectivity index (χ0n) is 11.9. The zero-order valence-corrected chi connectivity index (χ0v) is 11.9. The molecule has 19 heavy (non-hydrogen) atoms. The van der Waals surface area contributed by atoms with E-state index in [1.165, 1.54) is 5.56 Å². The maximum absolute atomic E-state index is 11.8. The second kappa shape index (κ2) is 5.21. The largest absolute Gasteiger partial charge is 0.444 e. The quantitative estimate of drug-likeness (QED) is 0.851. The van der Waals surface area contributed by atoms with Crippen LogP contribution in [-0.4, -0.2) is 24.4 Å². The molecule has 0 radical (unpaired) electrons. The standard InChI is InChI=1S/C15H21NO3/c1-10-5-6-11(7-12-9-18-12)8-13(10)16-14(17)19-15(2,3)4/h5-6,8,12H,7,9H2,1-4H3,(H,16,17). The van der Waals surface area contributed by atoms with Crippen molar-refractivity contribution in [2.45, 2.75) is 45.8 Å².